The largest absolute Gasteiger partial charge is 0.327 e. The highest BCUT2D eigenvalue weighted by atomic mass is 15.2. The molecule has 1 aliphatic carbocycles. The zero-order valence-corrected chi connectivity index (χ0v) is 11.1. The summed E-state index contributed by atoms with van der Waals surface area (Å²) in [5, 5.41) is 0. The Kier molecular flexibility index (Phi) is 4.19. The van der Waals surface area contributed by atoms with Gasteiger partial charge in [-0.15, -0.1) is 0 Å². The predicted octanol–water partition coefficient (Wildman–Crippen LogP) is 2.62. The summed E-state index contributed by atoms with van der Waals surface area (Å²) in [5.74, 6) is 0. The molecule has 2 atom stereocenters. The average Bonchev–Trinajstić information content (AvgIpc) is 2.81. The second-order valence-electron chi connectivity index (χ2n) is 6.14. The van der Waals surface area contributed by atoms with Gasteiger partial charge in [0.25, 0.3) is 0 Å². The van der Waals surface area contributed by atoms with E-state index in [-0.39, 0.29) is 11.5 Å². The van der Waals surface area contributed by atoms with E-state index in [2.05, 4.69) is 39.5 Å². The summed E-state index contributed by atoms with van der Waals surface area (Å²) < 4.78 is 0. The molecule has 2 N–H and O–H groups in total. The summed E-state index contributed by atoms with van der Waals surface area (Å²) in [6.45, 7) is 12.6. The molecule has 0 aliphatic heterocycles. The van der Waals surface area contributed by atoms with Gasteiger partial charge in [-0.25, -0.2) is 0 Å². The maximum atomic E-state index is 6.18. The molecule has 2 unspecified atom stereocenters. The van der Waals surface area contributed by atoms with Crippen molar-refractivity contribution in [3.63, 3.8) is 0 Å². The van der Waals surface area contributed by atoms with Crippen molar-refractivity contribution in [1.82, 2.24) is 4.90 Å². The zero-order valence-electron chi connectivity index (χ0n) is 11.1. The first-order chi connectivity index (χ1) is 6.88. The quantitative estimate of drug-likeness (QED) is 0.759. The third-order valence-electron chi connectivity index (χ3n) is 3.24. The molecule has 15 heavy (non-hydrogen) atoms. The summed E-state index contributed by atoms with van der Waals surface area (Å²) in [4.78, 5) is 2.66. The standard InChI is InChI=1S/C13H28N2/c1-6-9-15(11-7-8-11)12(10(2)14)13(3,4)5/h10-12H,6-9,14H2,1-5H3. The topological polar surface area (TPSA) is 29.3 Å². The Balaban J connectivity index is 2.74. The summed E-state index contributed by atoms with van der Waals surface area (Å²) in [7, 11) is 0. The lowest BCUT2D eigenvalue weighted by Crippen LogP contribution is -2.54. The van der Waals surface area contributed by atoms with Crippen molar-refractivity contribution in [2.75, 3.05) is 6.54 Å². The Bertz CT molecular complexity index is 189. The SMILES string of the molecule is CCCN(C1CC1)C(C(C)N)C(C)(C)C. The highest BCUT2D eigenvalue weighted by Gasteiger charge is 2.40. The molecule has 90 valence electrons. The second-order valence-corrected chi connectivity index (χ2v) is 6.14. The molecule has 0 aromatic rings. The van der Waals surface area contributed by atoms with Crippen LogP contribution in [0.15, 0.2) is 0 Å². The lowest BCUT2D eigenvalue weighted by atomic mass is 9.81. The molecule has 0 saturated heterocycles. The van der Waals surface area contributed by atoms with Crippen LogP contribution < -0.4 is 5.73 Å². The molecular weight excluding hydrogens is 184 g/mol. The Hall–Kier alpha value is -0.0800. The summed E-state index contributed by atoms with van der Waals surface area (Å²) >= 11 is 0. The first-order valence-corrected chi connectivity index (χ1v) is 6.39. The van der Waals surface area contributed by atoms with E-state index in [9.17, 15) is 0 Å². The van der Waals surface area contributed by atoms with Gasteiger partial charge in [-0.3, -0.25) is 4.90 Å². The number of hydrogen-bond acceptors (Lipinski definition) is 2. The van der Waals surface area contributed by atoms with E-state index < -0.39 is 0 Å². The van der Waals surface area contributed by atoms with Crippen molar-refractivity contribution in [3.8, 4) is 0 Å². The fraction of sp³-hybridized carbons (Fsp3) is 1.00. The van der Waals surface area contributed by atoms with Gasteiger partial charge in [-0.1, -0.05) is 27.7 Å². The number of hydrogen-bond donors (Lipinski definition) is 1. The van der Waals surface area contributed by atoms with Gasteiger partial charge in [0.2, 0.25) is 0 Å². The molecule has 0 aromatic carbocycles. The van der Waals surface area contributed by atoms with Crippen molar-refractivity contribution in [2.45, 2.75) is 72.0 Å². The molecule has 1 fully saturated rings. The van der Waals surface area contributed by atoms with Crippen LogP contribution in [-0.4, -0.2) is 29.6 Å². The van der Waals surface area contributed by atoms with E-state index in [0.29, 0.717) is 6.04 Å². The van der Waals surface area contributed by atoms with Crippen LogP contribution in [0.1, 0.15) is 53.9 Å². The van der Waals surface area contributed by atoms with E-state index in [4.69, 9.17) is 5.73 Å². The van der Waals surface area contributed by atoms with Crippen LogP contribution in [0.4, 0.5) is 0 Å². The highest BCUT2D eigenvalue weighted by molar-refractivity contribution is 4.96. The van der Waals surface area contributed by atoms with Crippen molar-refractivity contribution in [2.24, 2.45) is 11.1 Å². The van der Waals surface area contributed by atoms with Crippen LogP contribution in [0.5, 0.6) is 0 Å². The molecule has 2 nitrogen and oxygen atoms in total. The Morgan fingerprint density at radius 3 is 2.13 bits per heavy atom. The van der Waals surface area contributed by atoms with Gasteiger partial charge in [-0.05, 0) is 38.1 Å². The molecule has 1 aliphatic rings. The minimum Gasteiger partial charge on any atom is -0.327 e. The molecule has 0 bridgehead atoms. The van der Waals surface area contributed by atoms with Crippen molar-refractivity contribution in [3.05, 3.63) is 0 Å². The van der Waals surface area contributed by atoms with Crippen LogP contribution in [0, 0.1) is 5.41 Å². The van der Waals surface area contributed by atoms with Crippen molar-refractivity contribution in [1.29, 1.82) is 0 Å². The van der Waals surface area contributed by atoms with Crippen LogP contribution in [0.2, 0.25) is 0 Å². The van der Waals surface area contributed by atoms with Crippen molar-refractivity contribution < 1.29 is 0 Å². The Morgan fingerprint density at radius 1 is 1.33 bits per heavy atom. The van der Waals surface area contributed by atoms with Gasteiger partial charge in [0.1, 0.15) is 0 Å². The summed E-state index contributed by atoms with van der Waals surface area (Å²) in [6.07, 6.45) is 3.98. The smallest absolute Gasteiger partial charge is 0.0295 e. The molecular formula is C13H28N2. The lowest BCUT2D eigenvalue weighted by Gasteiger charge is -2.43. The average molecular weight is 212 g/mol. The van der Waals surface area contributed by atoms with Gasteiger partial charge in [0.05, 0.1) is 0 Å². The molecule has 1 rings (SSSR count). The molecule has 2 heteroatoms. The van der Waals surface area contributed by atoms with Gasteiger partial charge in [0, 0.05) is 18.1 Å². The molecule has 0 radical (unpaired) electrons. The van der Waals surface area contributed by atoms with Gasteiger partial charge >= 0.3 is 0 Å². The molecule has 0 aromatic heterocycles. The summed E-state index contributed by atoms with van der Waals surface area (Å²) in [6, 6.07) is 1.60. The number of rotatable bonds is 5. The molecule has 0 heterocycles. The van der Waals surface area contributed by atoms with E-state index in [0.717, 1.165) is 6.04 Å². The molecule has 0 spiro atoms. The van der Waals surface area contributed by atoms with E-state index >= 15 is 0 Å². The van der Waals surface area contributed by atoms with Gasteiger partial charge in [0.15, 0.2) is 0 Å². The van der Waals surface area contributed by atoms with Crippen LogP contribution in [-0.2, 0) is 0 Å². The maximum absolute atomic E-state index is 6.18. The predicted molar refractivity (Wildman–Crippen MR) is 66.9 cm³/mol. The number of nitrogens with two attached hydrogens (primary N) is 1. The van der Waals surface area contributed by atoms with E-state index in [1.807, 2.05) is 0 Å². The fourth-order valence-electron chi connectivity index (χ4n) is 2.80. The first kappa shape index (κ1) is 13.0. The number of nitrogens with zero attached hydrogens (tertiary/aromatic N) is 1. The van der Waals surface area contributed by atoms with Crippen molar-refractivity contribution >= 4 is 0 Å². The van der Waals surface area contributed by atoms with Gasteiger partial charge in [-0.2, -0.15) is 0 Å². The third-order valence-corrected chi connectivity index (χ3v) is 3.24. The van der Waals surface area contributed by atoms with E-state index in [1.54, 1.807) is 0 Å². The van der Waals surface area contributed by atoms with Crippen LogP contribution in [0.3, 0.4) is 0 Å². The minimum atomic E-state index is 0.261. The maximum Gasteiger partial charge on any atom is 0.0295 e. The second kappa shape index (κ2) is 4.84. The molecule has 1 saturated carbocycles. The normalized spacial score (nSPS) is 21.8. The van der Waals surface area contributed by atoms with Crippen LogP contribution >= 0.6 is 0 Å². The lowest BCUT2D eigenvalue weighted by molar-refractivity contribution is 0.0745. The highest BCUT2D eigenvalue weighted by Crippen LogP contribution is 2.35. The third kappa shape index (κ3) is 3.46. The fourth-order valence-corrected chi connectivity index (χ4v) is 2.80. The minimum absolute atomic E-state index is 0.261. The van der Waals surface area contributed by atoms with Gasteiger partial charge < -0.3 is 5.73 Å². The molecule has 0 amide bonds. The monoisotopic (exact) mass is 212 g/mol. The van der Waals surface area contributed by atoms with E-state index in [1.165, 1.54) is 25.8 Å². The first-order valence-electron chi connectivity index (χ1n) is 6.39. The van der Waals surface area contributed by atoms with Crippen LogP contribution in [0.25, 0.3) is 0 Å². The zero-order chi connectivity index (χ0) is 11.6. The summed E-state index contributed by atoms with van der Waals surface area (Å²) in [5.41, 5.74) is 6.46. The Morgan fingerprint density at radius 2 is 1.87 bits per heavy atom. The Labute approximate surface area is 95.2 Å².